The third-order valence-electron chi connectivity index (χ3n) is 8.16. The first-order valence-corrected chi connectivity index (χ1v) is 15.9. The van der Waals surface area contributed by atoms with Crippen LogP contribution < -0.4 is 9.47 Å². The Labute approximate surface area is 302 Å². The third kappa shape index (κ3) is 9.21. The molecule has 10 atom stereocenters. The summed E-state index contributed by atoms with van der Waals surface area (Å²) in [5.41, 5.74) is 0.123. The van der Waals surface area contributed by atoms with Crippen molar-refractivity contribution in [2.75, 3.05) is 13.2 Å². The summed E-state index contributed by atoms with van der Waals surface area (Å²) in [6.07, 6.45) is -20.2. The molecule has 54 heavy (non-hydrogen) atoms. The molecule has 0 aliphatic carbocycles. The number of phenols is 2. The Balaban J connectivity index is 1.49. The Kier molecular flexibility index (Phi) is 12.3. The molecule has 21 heteroatoms. The molecule has 2 aromatic carbocycles. The van der Waals surface area contributed by atoms with Crippen LogP contribution in [0.2, 0.25) is 0 Å². The average Bonchev–Trinajstić information content (AvgIpc) is 3.10. The van der Waals surface area contributed by atoms with Gasteiger partial charge >= 0.3 is 35.2 Å². The molecule has 0 spiro atoms. The second-order valence-corrected chi connectivity index (χ2v) is 12.1. The SMILES string of the molecule is O=C(O)CC(=O)OC[C@H]1O[C@@H](Oc2cc3c(O[C@@H]4O[C@H](COC(=O)CC(=O)O)[C@@H](O)[C@H](O)[C@H]4O)cc(O)cc3[o+]c2-c2ccc(O)cc2)[C@H](O)[C@@H](O)[C@@H]1O. The van der Waals surface area contributed by atoms with Crippen molar-refractivity contribution < 1.29 is 103 Å². The van der Waals surface area contributed by atoms with Gasteiger partial charge in [-0.05, 0) is 24.3 Å². The maximum atomic E-state index is 11.8. The number of carbonyl (C=O) groups is 4. The van der Waals surface area contributed by atoms with Crippen molar-refractivity contribution in [3.8, 4) is 34.3 Å². The minimum absolute atomic E-state index is 0.0452. The summed E-state index contributed by atoms with van der Waals surface area (Å²) in [7, 11) is 0. The van der Waals surface area contributed by atoms with E-state index >= 15 is 0 Å². The van der Waals surface area contributed by atoms with E-state index in [2.05, 4.69) is 0 Å². The topological polar surface area (TPSA) is 337 Å². The molecule has 0 saturated carbocycles. The molecule has 0 amide bonds. The van der Waals surface area contributed by atoms with Crippen LogP contribution in [0.25, 0.3) is 22.3 Å². The van der Waals surface area contributed by atoms with Gasteiger partial charge in [0.25, 0.3) is 0 Å². The molecule has 2 saturated heterocycles. The van der Waals surface area contributed by atoms with Crippen LogP contribution >= 0.6 is 0 Å². The normalized spacial score (nSPS) is 28.2. The van der Waals surface area contributed by atoms with E-state index in [0.717, 1.165) is 12.1 Å². The molecule has 1 aromatic heterocycles. The van der Waals surface area contributed by atoms with Gasteiger partial charge in [-0.1, -0.05) is 0 Å². The van der Waals surface area contributed by atoms with Crippen LogP contribution in [0.4, 0.5) is 0 Å². The van der Waals surface area contributed by atoms with Gasteiger partial charge in [0.1, 0.15) is 97.5 Å². The van der Waals surface area contributed by atoms with Crippen molar-refractivity contribution in [3.05, 3.63) is 42.5 Å². The number of ether oxygens (including phenoxy) is 6. The molecule has 2 aliphatic heterocycles. The van der Waals surface area contributed by atoms with E-state index in [4.69, 9.17) is 43.1 Å². The van der Waals surface area contributed by atoms with Crippen LogP contribution in [-0.4, -0.2) is 150 Å². The van der Waals surface area contributed by atoms with Gasteiger partial charge in [0, 0.05) is 12.1 Å². The molecular formula is C33H35O21+. The number of carbonyl (C=O) groups excluding carboxylic acids is 2. The van der Waals surface area contributed by atoms with Gasteiger partial charge in [-0.3, -0.25) is 19.2 Å². The largest absolute Gasteiger partial charge is 0.508 e. The zero-order valence-corrected chi connectivity index (χ0v) is 27.6. The number of aromatic hydroxyl groups is 2. The van der Waals surface area contributed by atoms with E-state index in [1.54, 1.807) is 0 Å². The van der Waals surface area contributed by atoms with Gasteiger partial charge < -0.3 is 79.5 Å². The number of benzene rings is 2. The number of rotatable bonds is 13. The van der Waals surface area contributed by atoms with Gasteiger partial charge in [-0.2, -0.15) is 0 Å². The highest BCUT2D eigenvalue weighted by Crippen LogP contribution is 2.42. The van der Waals surface area contributed by atoms with E-state index < -0.39 is 117 Å². The van der Waals surface area contributed by atoms with E-state index in [-0.39, 0.29) is 39.5 Å². The van der Waals surface area contributed by atoms with Crippen LogP contribution in [-0.2, 0) is 38.1 Å². The summed E-state index contributed by atoms with van der Waals surface area (Å²) < 4.78 is 38.6. The molecule has 3 heterocycles. The number of hydrogen-bond acceptors (Lipinski definition) is 18. The monoisotopic (exact) mass is 767 g/mol. The lowest BCUT2D eigenvalue weighted by Gasteiger charge is -2.40. The molecule has 0 radical (unpaired) electrons. The van der Waals surface area contributed by atoms with Crippen LogP contribution in [0, 0.1) is 0 Å². The number of fused-ring (bicyclic) bond motifs is 1. The third-order valence-corrected chi connectivity index (χ3v) is 8.16. The summed E-state index contributed by atoms with van der Waals surface area (Å²) in [6, 6.07) is 8.79. The Morgan fingerprint density at radius 3 is 1.57 bits per heavy atom. The van der Waals surface area contributed by atoms with Gasteiger partial charge in [-0.15, -0.1) is 0 Å². The lowest BCUT2D eigenvalue weighted by Crippen LogP contribution is -2.60. The maximum absolute atomic E-state index is 11.8. The molecular weight excluding hydrogens is 732 g/mol. The highest BCUT2D eigenvalue weighted by molar-refractivity contribution is 5.91. The Hall–Kier alpha value is -5.39. The predicted molar refractivity (Wildman–Crippen MR) is 170 cm³/mol. The Morgan fingerprint density at radius 2 is 1.09 bits per heavy atom. The smallest absolute Gasteiger partial charge is 0.402 e. The number of aliphatic carboxylic acids is 2. The molecule has 292 valence electrons. The fourth-order valence-electron chi connectivity index (χ4n) is 5.42. The zero-order valence-electron chi connectivity index (χ0n) is 27.6. The number of aliphatic hydroxyl groups excluding tert-OH is 6. The Morgan fingerprint density at radius 1 is 0.611 bits per heavy atom. The van der Waals surface area contributed by atoms with E-state index in [1.807, 2.05) is 0 Å². The van der Waals surface area contributed by atoms with Crippen LogP contribution in [0.15, 0.2) is 46.9 Å². The van der Waals surface area contributed by atoms with Crippen molar-refractivity contribution in [2.24, 2.45) is 0 Å². The summed E-state index contributed by atoms with van der Waals surface area (Å²) in [5.74, 6) is -6.66. The Bertz CT molecular complexity index is 1850. The van der Waals surface area contributed by atoms with Crippen LogP contribution in [0.3, 0.4) is 0 Å². The lowest BCUT2D eigenvalue weighted by atomic mass is 9.99. The summed E-state index contributed by atoms with van der Waals surface area (Å²) in [4.78, 5) is 45.2. The van der Waals surface area contributed by atoms with Crippen molar-refractivity contribution in [3.63, 3.8) is 0 Å². The summed E-state index contributed by atoms with van der Waals surface area (Å²) in [5, 5.41) is 102. The van der Waals surface area contributed by atoms with E-state index in [9.17, 15) is 60.0 Å². The molecule has 10 N–H and O–H groups in total. The summed E-state index contributed by atoms with van der Waals surface area (Å²) in [6.45, 7) is -1.52. The molecule has 2 aliphatic rings. The number of carboxylic acids is 2. The predicted octanol–water partition coefficient (Wildman–Crippen LogP) is -1.80. The van der Waals surface area contributed by atoms with Crippen molar-refractivity contribution >= 4 is 34.8 Å². The first-order valence-electron chi connectivity index (χ1n) is 15.9. The van der Waals surface area contributed by atoms with Gasteiger partial charge in [-0.25, -0.2) is 4.42 Å². The van der Waals surface area contributed by atoms with Gasteiger partial charge in [0.15, 0.2) is 0 Å². The average molecular weight is 768 g/mol. The minimum Gasteiger partial charge on any atom is -0.508 e. The lowest BCUT2D eigenvalue weighted by molar-refractivity contribution is -0.278. The zero-order chi connectivity index (χ0) is 39.4. The maximum Gasteiger partial charge on any atom is 0.402 e. The minimum atomic E-state index is -1.95. The summed E-state index contributed by atoms with van der Waals surface area (Å²) >= 11 is 0. The molecule has 2 fully saturated rings. The highest BCUT2D eigenvalue weighted by atomic mass is 16.7. The second-order valence-electron chi connectivity index (χ2n) is 12.1. The van der Waals surface area contributed by atoms with Crippen molar-refractivity contribution in [1.29, 1.82) is 0 Å². The first-order chi connectivity index (χ1) is 25.5. The first kappa shape index (κ1) is 39.8. The number of hydrogen-bond donors (Lipinski definition) is 10. The second kappa shape index (κ2) is 16.7. The highest BCUT2D eigenvalue weighted by Gasteiger charge is 2.48. The number of aliphatic hydroxyl groups is 6. The number of phenolic OH excluding ortho intramolecular Hbond substituents is 2. The van der Waals surface area contributed by atoms with E-state index in [0.29, 0.717) is 0 Å². The van der Waals surface area contributed by atoms with E-state index in [1.165, 1.54) is 30.3 Å². The molecule has 0 bridgehead atoms. The fourth-order valence-corrected chi connectivity index (χ4v) is 5.42. The van der Waals surface area contributed by atoms with Crippen LogP contribution in [0.5, 0.6) is 23.0 Å². The molecule has 0 unspecified atom stereocenters. The van der Waals surface area contributed by atoms with Crippen molar-refractivity contribution in [2.45, 2.75) is 74.3 Å². The molecule has 5 rings (SSSR count). The van der Waals surface area contributed by atoms with Gasteiger partial charge in [0.05, 0.1) is 11.6 Å². The molecule has 3 aromatic rings. The fraction of sp³-hybridized carbons (Fsp3) is 0.424. The van der Waals surface area contributed by atoms with Crippen LogP contribution in [0.1, 0.15) is 12.8 Å². The standard InChI is InChI=1S/C33H34O21/c34-13-3-1-12(2-4-13)31-18(52-33-30(47)28(45)26(43)20(54-33)11-49-24(41)9-22(38)39)7-15-16(50-31)5-14(35)6-17(15)51-32-29(46)27(44)25(42)19(53-32)10-48-23(40)8-21(36)37/h1-7,19-20,25-30,32-33,42-47H,8-11H2,(H3-,34,35,36,37,38,39)/p+1/t19-,20-,25-,26-,27+,28+,29-,30-,32-,33-/m1/s1. The number of carboxylic acid groups (broad SMARTS) is 2. The molecule has 21 nitrogen and oxygen atoms in total. The van der Waals surface area contributed by atoms with Crippen molar-refractivity contribution in [1.82, 2.24) is 0 Å². The quantitative estimate of drug-likeness (QED) is 0.0521. The van der Waals surface area contributed by atoms with Gasteiger partial charge in [0.2, 0.25) is 18.3 Å². The number of esters is 2.